The Kier molecular flexibility index (Phi) is 24.4. The van der Waals surface area contributed by atoms with Gasteiger partial charge >= 0.3 is 0 Å². The summed E-state index contributed by atoms with van der Waals surface area (Å²) in [4.78, 5) is 12.6. The number of hydrogen-bond acceptors (Lipinski definition) is 3. The van der Waals surface area contributed by atoms with Gasteiger partial charge in [-0.1, -0.05) is 103 Å². The molecule has 0 saturated heterocycles. The predicted molar refractivity (Wildman–Crippen MR) is 116 cm³/mol. The zero-order chi connectivity index (χ0) is 17.7. The summed E-state index contributed by atoms with van der Waals surface area (Å²) in [5, 5.41) is 0. The molecule has 2 N–H and O–H groups in total. The van der Waals surface area contributed by atoms with Crippen LogP contribution in [0.4, 0.5) is 5.69 Å². The number of nitrogens with one attached hydrogen (secondary N) is 1. The van der Waals surface area contributed by atoms with Gasteiger partial charge in [-0.25, -0.2) is 0 Å². The molecule has 3 nitrogen and oxygen atoms in total. The van der Waals surface area contributed by atoms with Crippen molar-refractivity contribution in [3.8, 4) is 0 Å². The second-order valence-electron chi connectivity index (χ2n) is 6.21. The van der Waals surface area contributed by atoms with Crippen molar-refractivity contribution in [1.82, 2.24) is 0 Å². The molecule has 0 unspecified atom stereocenters. The monoisotopic (exact) mass is 369 g/mol. The molecule has 0 aromatic heterocycles. The van der Waals surface area contributed by atoms with E-state index < -0.39 is 0 Å². The van der Waals surface area contributed by atoms with E-state index in [4.69, 9.17) is 9.63 Å². The topological polar surface area (TPSA) is 41.5 Å². The summed E-state index contributed by atoms with van der Waals surface area (Å²) in [6, 6.07) is 10.1. The van der Waals surface area contributed by atoms with Crippen molar-refractivity contribution in [2.45, 2.75) is 91.4 Å². The number of hydrogen-bond donors (Lipinski definition) is 2. The minimum atomic E-state index is 0. The number of unbranched alkanes of at least 4 members (excludes halogenated alkanes) is 11. The van der Waals surface area contributed by atoms with Gasteiger partial charge < -0.3 is 4.80 Å². The van der Waals surface area contributed by atoms with Crippen LogP contribution >= 0.6 is 0 Å². The summed E-state index contributed by atoms with van der Waals surface area (Å²) in [6.45, 7) is 3.08. The van der Waals surface area contributed by atoms with Gasteiger partial charge in [0, 0.05) is 0 Å². The second-order valence-corrected chi connectivity index (χ2v) is 6.21. The summed E-state index contributed by atoms with van der Waals surface area (Å²) in [7, 11) is 0.306. The van der Waals surface area contributed by atoms with Gasteiger partial charge in [0.2, 0.25) is 0 Å². The van der Waals surface area contributed by atoms with Gasteiger partial charge in [-0.2, -0.15) is 0 Å². The first kappa shape index (κ1) is 26.4. The summed E-state index contributed by atoms with van der Waals surface area (Å²) in [5.41, 5.74) is 4.01. The van der Waals surface area contributed by atoms with Crippen LogP contribution < -0.4 is 5.48 Å². The van der Waals surface area contributed by atoms with E-state index in [0.29, 0.717) is 10.5 Å². The molecule has 0 fully saturated rings. The Morgan fingerprint density at radius 2 is 1.20 bits per heavy atom. The minimum Gasteiger partial charge on any atom is -0.442 e. The molecule has 0 heterocycles. The van der Waals surface area contributed by atoms with Gasteiger partial charge in [0.25, 0.3) is 0 Å². The first-order valence-corrected chi connectivity index (χ1v) is 10.7. The fourth-order valence-electron chi connectivity index (χ4n) is 2.66. The van der Waals surface area contributed by atoms with E-state index in [2.05, 4.69) is 12.4 Å². The van der Waals surface area contributed by atoms with Crippen molar-refractivity contribution in [2.75, 3.05) is 12.1 Å². The summed E-state index contributed by atoms with van der Waals surface area (Å²) in [6.07, 6.45) is 16.6. The molecule has 0 atom stereocenters. The third kappa shape index (κ3) is 19.3. The molecule has 0 saturated carbocycles. The number of anilines is 1. The van der Waals surface area contributed by atoms with Crippen molar-refractivity contribution < 1.29 is 9.63 Å². The van der Waals surface area contributed by atoms with Crippen molar-refractivity contribution in [2.24, 2.45) is 0 Å². The molecular weight excluding hydrogens is 326 g/mol. The maximum Gasteiger partial charge on any atom is 0.141 e. The van der Waals surface area contributed by atoms with Gasteiger partial charge in [0.1, 0.15) is 10.5 Å². The molecule has 1 rings (SSSR count). The van der Waals surface area contributed by atoms with Crippen LogP contribution in [0.3, 0.4) is 0 Å². The maximum atomic E-state index is 7.14. The van der Waals surface area contributed by atoms with Crippen LogP contribution in [0.1, 0.15) is 91.4 Å². The fourth-order valence-corrected chi connectivity index (χ4v) is 2.66. The molecule has 0 aliphatic rings. The quantitative estimate of drug-likeness (QED) is 0.239. The van der Waals surface area contributed by atoms with E-state index in [9.17, 15) is 0 Å². The lowest BCUT2D eigenvalue weighted by Crippen LogP contribution is -2.02. The van der Waals surface area contributed by atoms with Crippen LogP contribution in [0.25, 0.3) is 0 Å². The van der Waals surface area contributed by atoms with E-state index in [0.717, 1.165) is 18.7 Å². The summed E-state index contributed by atoms with van der Waals surface area (Å²) in [5.74, 6) is 0. The molecule has 0 radical (unpaired) electrons. The van der Waals surface area contributed by atoms with Crippen molar-refractivity contribution >= 4 is 16.2 Å². The summed E-state index contributed by atoms with van der Waals surface area (Å²) >= 11 is 0. The second kappa shape index (κ2) is 23.2. The molecule has 0 amide bonds. The summed E-state index contributed by atoms with van der Waals surface area (Å²) < 4.78 is 0. The first-order chi connectivity index (χ1) is 11.9. The molecule has 0 aliphatic carbocycles. The van der Waals surface area contributed by atoms with Crippen LogP contribution in [0, 0.1) is 0 Å². The van der Waals surface area contributed by atoms with E-state index in [1.807, 2.05) is 30.3 Å². The SMILES string of the molecule is C.CCCCCCCCCCCCCCONc1ccccc1.O[SiH3]. The van der Waals surface area contributed by atoms with Gasteiger partial charge in [0.05, 0.1) is 12.3 Å². The maximum absolute atomic E-state index is 7.14. The normalized spacial score (nSPS) is 9.84. The smallest absolute Gasteiger partial charge is 0.141 e. The van der Waals surface area contributed by atoms with Crippen LogP contribution in [0.15, 0.2) is 30.3 Å². The third-order valence-corrected chi connectivity index (χ3v) is 4.06. The van der Waals surface area contributed by atoms with Gasteiger partial charge in [-0.05, 0) is 18.6 Å². The molecular formula is C21H43NO2Si. The molecule has 0 bridgehead atoms. The lowest BCUT2D eigenvalue weighted by molar-refractivity contribution is 0.187. The van der Waals surface area contributed by atoms with Gasteiger partial charge in [-0.15, -0.1) is 0 Å². The Morgan fingerprint density at radius 3 is 1.68 bits per heavy atom. The number of benzene rings is 1. The van der Waals surface area contributed by atoms with E-state index in [-0.39, 0.29) is 7.43 Å². The zero-order valence-electron chi connectivity index (χ0n) is 15.9. The zero-order valence-corrected chi connectivity index (χ0v) is 17.9. The van der Waals surface area contributed by atoms with Crippen LogP contribution in [-0.4, -0.2) is 21.9 Å². The third-order valence-electron chi connectivity index (χ3n) is 4.06. The Morgan fingerprint density at radius 1 is 0.760 bits per heavy atom. The lowest BCUT2D eigenvalue weighted by atomic mass is 10.1. The predicted octanol–water partition coefficient (Wildman–Crippen LogP) is 5.63. The Bertz CT molecular complexity index is 336. The fraction of sp³-hybridized carbons (Fsp3) is 0.714. The molecule has 25 heavy (non-hydrogen) atoms. The van der Waals surface area contributed by atoms with Crippen LogP contribution in [0.2, 0.25) is 0 Å². The highest BCUT2D eigenvalue weighted by atomic mass is 28.2. The van der Waals surface area contributed by atoms with Gasteiger partial charge in [-0.3, -0.25) is 10.3 Å². The highest BCUT2D eigenvalue weighted by Crippen LogP contribution is 2.12. The molecule has 4 heteroatoms. The Hall–Kier alpha value is -0.843. The molecule has 148 valence electrons. The van der Waals surface area contributed by atoms with E-state index in [1.54, 1.807) is 0 Å². The van der Waals surface area contributed by atoms with E-state index >= 15 is 0 Å². The minimum absolute atomic E-state index is 0. The Balaban J connectivity index is 0. The van der Waals surface area contributed by atoms with Crippen molar-refractivity contribution in [1.29, 1.82) is 0 Å². The molecule has 1 aromatic carbocycles. The average molecular weight is 370 g/mol. The molecule has 0 spiro atoms. The average Bonchev–Trinajstić information content (AvgIpc) is 2.64. The standard InChI is InChI=1S/C20H35NO.CH4.H4OSi/c1-2-3-4-5-6-7-8-9-10-11-12-16-19-22-21-20-17-14-13-15-18-20;;1-2/h13-15,17-18,21H,2-12,16,19H2,1H3;1H4;1H,2H3. The lowest BCUT2D eigenvalue weighted by Gasteiger charge is -2.06. The van der Waals surface area contributed by atoms with Crippen LogP contribution in [-0.2, 0) is 4.84 Å². The number of rotatable bonds is 15. The van der Waals surface area contributed by atoms with E-state index in [1.165, 1.54) is 70.6 Å². The van der Waals surface area contributed by atoms with Crippen LogP contribution in [0.5, 0.6) is 0 Å². The largest absolute Gasteiger partial charge is 0.442 e. The molecule has 0 aliphatic heterocycles. The van der Waals surface area contributed by atoms with Crippen molar-refractivity contribution in [3.63, 3.8) is 0 Å². The number of para-hydroxylation sites is 1. The highest BCUT2D eigenvalue weighted by Gasteiger charge is 1.94. The van der Waals surface area contributed by atoms with Crippen molar-refractivity contribution in [3.05, 3.63) is 30.3 Å². The molecule has 1 aromatic rings. The first-order valence-electron chi connectivity index (χ1n) is 9.81. The van der Waals surface area contributed by atoms with Gasteiger partial charge in [0.15, 0.2) is 0 Å². The Labute approximate surface area is 160 Å². The highest BCUT2D eigenvalue weighted by molar-refractivity contribution is 5.95.